The highest BCUT2D eigenvalue weighted by atomic mass is 16.6. The van der Waals surface area contributed by atoms with Crippen LogP contribution in [0.4, 0.5) is 4.79 Å². The van der Waals surface area contributed by atoms with Crippen LogP contribution in [0, 0.1) is 5.92 Å². The predicted octanol–water partition coefficient (Wildman–Crippen LogP) is 5.46. The van der Waals surface area contributed by atoms with E-state index in [1.54, 1.807) is 23.1 Å². The average Bonchev–Trinajstić information content (AvgIpc) is 3.16. The highest BCUT2D eigenvalue weighted by Crippen LogP contribution is 2.41. The van der Waals surface area contributed by atoms with Gasteiger partial charge in [0.1, 0.15) is 17.5 Å². The van der Waals surface area contributed by atoms with Crippen LogP contribution >= 0.6 is 0 Å². The fraction of sp³-hybridized carbons (Fsp3) is 0.667. The molecular formula is C24H35NO5. The van der Waals surface area contributed by atoms with Crippen molar-refractivity contribution in [3.05, 3.63) is 29.3 Å². The molecule has 2 fully saturated rings. The number of hydrogen-bond donors (Lipinski definition) is 1. The van der Waals surface area contributed by atoms with E-state index in [1.807, 2.05) is 20.8 Å². The van der Waals surface area contributed by atoms with Crippen molar-refractivity contribution < 1.29 is 24.2 Å². The highest BCUT2D eigenvalue weighted by Gasteiger charge is 2.32. The first kappa shape index (κ1) is 22.4. The second-order valence-electron chi connectivity index (χ2n) is 9.64. The number of carbonyl (C=O) groups is 2. The van der Waals surface area contributed by atoms with Gasteiger partial charge in [-0.3, -0.25) is 0 Å². The van der Waals surface area contributed by atoms with E-state index in [-0.39, 0.29) is 12.2 Å². The molecule has 0 aromatic heterocycles. The van der Waals surface area contributed by atoms with Crippen LogP contribution in [0.5, 0.6) is 5.75 Å². The van der Waals surface area contributed by atoms with E-state index in [4.69, 9.17) is 9.47 Å². The first-order valence-corrected chi connectivity index (χ1v) is 11.2. The van der Waals surface area contributed by atoms with E-state index < -0.39 is 11.6 Å². The van der Waals surface area contributed by atoms with Crippen LogP contribution in [-0.2, 0) is 4.74 Å². The average molecular weight is 418 g/mol. The van der Waals surface area contributed by atoms with Crippen molar-refractivity contribution in [1.29, 1.82) is 0 Å². The Morgan fingerprint density at radius 2 is 1.83 bits per heavy atom. The normalized spacial score (nSPS) is 24.5. The van der Waals surface area contributed by atoms with Crippen LogP contribution in [0.25, 0.3) is 0 Å². The number of carbonyl (C=O) groups excluding carboxylic acids is 1. The van der Waals surface area contributed by atoms with Gasteiger partial charge in [-0.05, 0) is 82.1 Å². The molecule has 1 heterocycles. The van der Waals surface area contributed by atoms with Gasteiger partial charge in [-0.25, -0.2) is 9.59 Å². The van der Waals surface area contributed by atoms with Crippen molar-refractivity contribution in [3.63, 3.8) is 0 Å². The van der Waals surface area contributed by atoms with Crippen LogP contribution < -0.4 is 4.74 Å². The number of rotatable bonds is 5. The molecule has 6 heteroatoms. The lowest BCUT2D eigenvalue weighted by Gasteiger charge is -2.30. The maximum Gasteiger partial charge on any atom is 0.410 e. The van der Waals surface area contributed by atoms with Crippen molar-refractivity contribution in [2.45, 2.75) is 83.8 Å². The number of carboxylic acids is 1. The van der Waals surface area contributed by atoms with E-state index in [9.17, 15) is 14.7 Å². The second kappa shape index (κ2) is 9.27. The fourth-order valence-electron chi connectivity index (χ4n) is 4.49. The molecule has 1 aromatic rings. The van der Waals surface area contributed by atoms with Gasteiger partial charge in [-0.1, -0.05) is 13.3 Å². The zero-order valence-corrected chi connectivity index (χ0v) is 18.6. The Hall–Kier alpha value is -2.24. The summed E-state index contributed by atoms with van der Waals surface area (Å²) in [4.78, 5) is 25.5. The van der Waals surface area contributed by atoms with Crippen molar-refractivity contribution in [2.24, 2.45) is 5.92 Å². The first-order valence-electron chi connectivity index (χ1n) is 11.2. The van der Waals surface area contributed by atoms with E-state index in [1.165, 1.54) is 19.3 Å². The molecule has 2 aliphatic rings. The Bertz CT molecular complexity index is 761. The van der Waals surface area contributed by atoms with Crippen molar-refractivity contribution in [3.8, 4) is 5.75 Å². The molecule has 3 rings (SSSR count). The molecular weight excluding hydrogens is 382 g/mol. The minimum Gasteiger partial charge on any atom is -0.488 e. The molecule has 0 unspecified atom stereocenters. The minimum absolute atomic E-state index is 0.112. The van der Waals surface area contributed by atoms with Gasteiger partial charge in [0.05, 0.1) is 12.1 Å². The largest absolute Gasteiger partial charge is 0.488 e. The zero-order valence-electron chi connectivity index (χ0n) is 18.6. The Morgan fingerprint density at radius 3 is 2.43 bits per heavy atom. The summed E-state index contributed by atoms with van der Waals surface area (Å²) < 4.78 is 11.8. The quantitative estimate of drug-likeness (QED) is 0.689. The van der Waals surface area contributed by atoms with E-state index in [2.05, 4.69) is 6.92 Å². The minimum atomic E-state index is -0.915. The molecule has 1 saturated heterocycles. The fourth-order valence-corrected chi connectivity index (χ4v) is 4.49. The van der Waals surface area contributed by atoms with Crippen molar-refractivity contribution in [1.82, 2.24) is 4.90 Å². The molecule has 1 aliphatic heterocycles. The molecule has 30 heavy (non-hydrogen) atoms. The third-order valence-corrected chi connectivity index (χ3v) is 6.21. The molecule has 0 spiro atoms. The summed E-state index contributed by atoms with van der Waals surface area (Å²) in [6.07, 6.45) is 5.99. The lowest BCUT2D eigenvalue weighted by Crippen LogP contribution is -2.36. The van der Waals surface area contributed by atoms with Crippen LogP contribution in [0.15, 0.2) is 18.2 Å². The summed E-state index contributed by atoms with van der Waals surface area (Å²) in [6.45, 7) is 8.90. The first-order chi connectivity index (χ1) is 14.2. The van der Waals surface area contributed by atoms with Gasteiger partial charge in [0.2, 0.25) is 0 Å². The summed E-state index contributed by atoms with van der Waals surface area (Å²) in [5, 5.41) is 9.45. The lowest BCUT2D eigenvalue weighted by molar-refractivity contribution is 0.0275. The van der Waals surface area contributed by atoms with Crippen LogP contribution in [-0.4, -0.2) is 46.9 Å². The SMILES string of the molecule is CCC1CCC(c2cc(C(=O)O)ccc2O[C@H]2CCN(C(=O)OC(C)(C)C)C2)CC1. The number of likely N-dealkylation sites (tertiary alicyclic amines) is 1. The van der Waals surface area contributed by atoms with Gasteiger partial charge < -0.3 is 19.5 Å². The monoisotopic (exact) mass is 417 g/mol. The van der Waals surface area contributed by atoms with Gasteiger partial charge in [0.15, 0.2) is 0 Å². The van der Waals surface area contributed by atoms with E-state index >= 15 is 0 Å². The highest BCUT2D eigenvalue weighted by molar-refractivity contribution is 5.88. The van der Waals surface area contributed by atoms with Crippen LogP contribution in [0.2, 0.25) is 0 Å². The third kappa shape index (κ3) is 5.67. The molecule has 1 amide bonds. The number of ether oxygens (including phenoxy) is 2. The Morgan fingerprint density at radius 1 is 1.13 bits per heavy atom. The number of amides is 1. The lowest BCUT2D eigenvalue weighted by atomic mass is 9.77. The maximum atomic E-state index is 12.3. The van der Waals surface area contributed by atoms with Gasteiger partial charge in [0, 0.05) is 13.0 Å². The Labute approximate surface area is 179 Å². The van der Waals surface area contributed by atoms with Crippen molar-refractivity contribution in [2.75, 3.05) is 13.1 Å². The number of carboxylic acid groups (broad SMARTS) is 1. The van der Waals surface area contributed by atoms with Gasteiger partial charge >= 0.3 is 12.1 Å². The molecule has 0 radical (unpaired) electrons. The molecule has 0 bridgehead atoms. The third-order valence-electron chi connectivity index (χ3n) is 6.21. The van der Waals surface area contributed by atoms with E-state index in [0.29, 0.717) is 24.6 Å². The topological polar surface area (TPSA) is 76.1 Å². The molecule has 1 aliphatic carbocycles. The molecule has 166 valence electrons. The van der Waals surface area contributed by atoms with Gasteiger partial charge in [-0.15, -0.1) is 0 Å². The molecule has 1 aromatic carbocycles. The summed E-state index contributed by atoms with van der Waals surface area (Å²) in [5.74, 6) is 0.939. The maximum absolute atomic E-state index is 12.3. The molecule has 1 saturated carbocycles. The standard InChI is InChI=1S/C24H35NO5/c1-5-16-6-8-17(9-7-16)20-14-18(22(26)27)10-11-21(20)29-19-12-13-25(15-19)23(28)30-24(2,3)4/h10-11,14,16-17,19H,5-9,12-13,15H2,1-4H3,(H,26,27)/t16?,17?,19-/m0/s1. The van der Waals surface area contributed by atoms with E-state index in [0.717, 1.165) is 36.5 Å². The molecule has 6 nitrogen and oxygen atoms in total. The van der Waals surface area contributed by atoms with Gasteiger partial charge in [-0.2, -0.15) is 0 Å². The number of hydrogen-bond acceptors (Lipinski definition) is 4. The van der Waals surface area contributed by atoms with Crippen LogP contribution in [0.1, 0.15) is 88.1 Å². The Kier molecular flexibility index (Phi) is 6.94. The Balaban J connectivity index is 1.71. The number of nitrogens with zero attached hydrogens (tertiary/aromatic N) is 1. The zero-order chi connectivity index (χ0) is 21.9. The van der Waals surface area contributed by atoms with Gasteiger partial charge in [0.25, 0.3) is 0 Å². The molecule has 1 N–H and O–H groups in total. The smallest absolute Gasteiger partial charge is 0.410 e. The summed E-state index contributed by atoms with van der Waals surface area (Å²) in [6, 6.07) is 5.19. The molecule has 1 atom stereocenters. The summed E-state index contributed by atoms with van der Waals surface area (Å²) >= 11 is 0. The summed E-state index contributed by atoms with van der Waals surface area (Å²) in [5.41, 5.74) is 0.782. The predicted molar refractivity (Wildman–Crippen MR) is 115 cm³/mol. The van der Waals surface area contributed by atoms with Crippen LogP contribution in [0.3, 0.4) is 0 Å². The number of aromatic carboxylic acids is 1. The summed E-state index contributed by atoms with van der Waals surface area (Å²) in [7, 11) is 0. The van der Waals surface area contributed by atoms with Crippen molar-refractivity contribution >= 4 is 12.1 Å². The second-order valence-corrected chi connectivity index (χ2v) is 9.64. The number of benzene rings is 1.